The molecule has 120 valence electrons. The lowest BCUT2D eigenvalue weighted by atomic mass is 9.97. The number of anilines is 2. The van der Waals surface area contributed by atoms with E-state index in [1.807, 2.05) is 0 Å². The second kappa shape index (κ2) is 6.76. The Balaban J connectivity index is 2.21. The molecule has 0 saturated heterocycles. The van der Waals surface area contributed by atoms with Gasteiger partial charge in [0.15, 0.2) is 0 Å². The van der Waals surface area contributed by atoms with Crippen LogP contribution in [0, 0.1) is 5.82 Å². The van der Waals surface area contributed by atoms with Crippen LogP contribution in [-0.4, -0.2) is 26.5 Å². The summed E-state index contributed by atoms with van der Waals surface area (Å²) in [6.45, 7) is 0. The van der Waals surface area contributed by atoms with E-state index in [0.717, 1.165) is 0 Å². The van der Waals surface area contributed by atoms with Crippen LogP contribution in [0.1, 0.15) is 6.42 Å². The maximum absolute atomic E-state index is 14.1. The fourth-order valence-electron chi connectivity index (χ4n) is 2.28. The van der Waals surface area contributed by atoms with Gasteiger partial charge in [0, 0.05) is 30.9 Å². The van der Waals surface area contributed by atoms with Gasteiger partial charge in [-0.3, -0.25) is 0 Å². The van der Waals surface area contributed by atoms with E-state index in [9.17, 15) is 8.78 Å². The van der Waals surface area contributed by atoms with Gasteiger partial charge in [0.25, 0.3) is 0 Å². The second-order valence-electron chi connectivity index (χ2n) is 4.91. The molecular weight excluding hydrogens is 292 g/mol. The van der Waals surface area contributed by atoms with Crippen LogP contribution in [-0.2, 0) is 9.47 Å². The molecule has 1 aromatic carbocycles. The smallest absolute Gasteiger partial charge is 0.148 e. The minimum atomic E-state index is -0.898. The summed E-state index contributed by atoms with van der Waals surface area (Å²) in [4.78, 5) is 0. The third-order valence-corrected chi connectivity index (χ3v) is 3.50. The number of halogens is 2. The minimum absolute atomic E-state index is 0.150. The van der Waals surface area contributed by atoms with Crippen molar-refractivity contribution >= 4 is 11.4 Å². The van der Waals surface area contributed by atoms with E-state index in [1.165, 1.54) is 38.5 Å². The van der Waals surface area contributed by atoms with Crippen LogP contribution in [0.5, 0.6) is 0 Å². The number of benzene rings is 1. The van der Waals surface area contributed by atoms with Crippen LogP contribution in [0.15, 0.2) is 41.4 Å². The highest BCUT2D eigenvalue weighted by Crippen LogP contribution is 2.30. The summed E-state index contributed by atoms with van der Waals surface area (Å²) < 4.78 is 38.2. The fraction of sp³-hybridized carbons (Fsp3) is 0.333. The standard InChI is InChI=1S/C15H19F2N3O2/c1-21-13-6-9(10(16)7-14(13)22-2)15(19)20-12-4-3-8(18)5-11(12)17/h3-5,7,13,15,20H,6,18-19H2,1-2H3. The van der Waals surface area contributed by atoms with E-state index < -0.39 is 23.9 Å². The van der Waals surface area contributed by atoms with Crippen molar-refractivity contribution in [1.82, 2.24) is 0 Å². The Morgan fingerprint density at radius 2 is 2.05 bits per heavy atom. The van der Waals surface area contributed by atoms with Crippen molar-refractivity contribution in [1.29, 1.82) is 0 Å². The predicted molar refractivity (Wildman–Crippen MR) is 81.1 cm³/mol. The molecule has 22 heavy (non-hydrogen) atoms. The molecule has 0 spiro atoms. The van der Waals surface area contributed by atoms with E-state index in [1.54, 1.807) is 0 Å². The number of nitrogens with two attached hydrogens (primary N) is 2. The molecule has 0 radical (unpaired) electrons. The minimum Gasteiger partial charge on any atom is -0.498 e. The first-order chi connectivity index (χ1) is 10.5. The number of rotatable bonds is 5. The van der Waals surface area contributed by atoms with Gasteiger partial charge in [-0.15, -0.1) is 0 Å². The predicted octanol–water partition coefficient (Wildman–Crippen LogP) is 2.28. The highest BCUT2D eigenvalue weighted by molar-refractivity contribution is 5.54. The molecule has 0 heterocycles. The summed E-state index contributed by atoms with van der Waals surface area (Å²) in [5, 5.41) is 2.74. The molecule has 0 aromatic heterocycles. The van der Waals surface area contributed by atoms with Crippen molar-refractivity contribution in [3.05, 3.63) is 47.3 Å². The number of nitrogen functional groups attached to an aromatic ring is 1. The summed E-state index contributed by atoms with van der Waals surface area (Å²) in [6, 6.07) is 4.15. The largest absolute Gasteiger partial charge is 0.498 e. The molecule has 2 unspecified atom stereocenters. The van der Waals surface area contributed by atoms with E-state index >= 15 is 0 Å². The molecule has 2 atom stereocenters. The molecular formula is C15H19F2N3O2. The topological polar surface area (TPSA) is 82.5 Å². The normalized spacial score (nSPS) is 19.7. The third kappa shape index (κ3) is 3.37. The molecule has 1 aliphatic carbocycles. The van der Waals surface area contributed by atoms with Crippen LogP contribution in [0.4, 0.5) is 20.2 Å². The lowest BCUT2D eigenvalue weighted by molar-refractivity contribution is 0.0748. The van der Waals surface area contributed by atoms with Gasteiger partial charge in [-0.1, -0.05) is 0 Å². The van der Waals surface area contributed by atoms with Gasteiger partial charge < -0.3 is 26.3 Å². The van der Waals surface area contributed by atoms with Gasteiger partial charge in [0.1, 0.15) is 23.5 Å². The van der Waals surface area contributed by atoms with Gasteiger partial charge in [0.05, 0.1) is 19.0 Å². The van der Waals surface area contributed by atoms with Crippen molar-refractivity contribution < 1.29 is 18.3 Å². The number of ether oxygens (including phenoxy) is 2. The molecule has 0 bridgehead atoms. The van der Waals surface area contributed by atoms with Crippen LogP contribution in [0.25, 0.3) is 0 Å². The van der Waals surface area contributed by atoms with Crippen LogP contribution in [0.2, 0.25) is 0 Å². The summed E-state index contributed by atoms with van der Waals surface area (Å²) in [5.74, 6) is -0.681. The molecule has 1 aromatic rings. The Morgan fingerprint density at radius 3 is 2.64 bits per heavy atom. The quantitative estimate of drug-likeness (QED) is 0.574. The van der Waals surface area contributed by atoms with Gasteiger partial charge in [-0.05, 0) is 18.2 Å². The molecule has 0 amide bonds. The second-order valence-corrected chi connectivity index (χ2v) is 4.91. The molecule has 0 aliphatic heterocycles. The number of methoxy groups -OCH3 is 2. The average Bonchev–Trinajstić information content (AvgIpc) is 2.49. The Morgan fingerprint density at radius 1 is 1.32 bits per heavy atom. The summed E-state index contributed by atoms with van der Waals surface area (Å²) in [5.41, 5.74) is 12.2. The molecule has 2 rings (SSSR count). The Kier molecular flexibility index (Phi) is 4.99. The summed E-state index contributed by atoms with van der Waals surface area (Å²) in [6.07, 6.45) is 0.120. The van der Waals surface area contributed by atoms with Gasteiger partial charge in [-0.2, -0.15) is 0 Å². The lowest BCUT2D eigenvalue weighted by Crippen LogP contribution is -2.36. The zero-order valence-electron chi connectivity index (χ0n) is 12.4. The molecule has 7 heteroatoms. The van der Waals surface area contributed by atoms with Crippen LogP contribution >= 0.6 is 0 Å². The highest BCUT2D eigenvalue weighted by atomic mass is 19.1. The molecule has 5 N–H and O–H groups in total. The van der Waals surface area contributed by atoms with Crippen molar-refractivity contribution in [3.8, 4) is 0 Å². The monoisotopic (exact) mass is 311 g/mol. The summed E-state index contributed by atoms with van der Waals surface area (Å²) >= 11 is 0. The molecule has 5 nitrogen and oxygen atoms in total. The number of allylic oxidation sites excluding steroid dienone is 2. The van der Waals surface area contributed by atoms with Crippen molar-refractivity contribution in [2.45, 2.75) is 18.7 Å². The van der Waals surface area contributed by atoms with E-state index in [2.05, 4.69) is 5.32 Å². The first-order valence-electron chi connectivity index (χ1n) is 6.70. The first-order valence-corrected chi connectivity index (χ1v) is 6.70. The first kappa shape index (κ1) is 16.3. The highest BCUT2D eigenvalue weighted by Gasteiger charge is 2.28. The van der Waals surface area contributed by atoms with E-state index in [-0.39, 0.29) is 17.7 Å². The third-order valence-electron chi connectivity index (χ3n) is 3.50. The maximum Gasteiger partial charge on any atom is 0.148 e. The Bertz CT molecular complexity index is 617. The summed E-state index contributed by atoms with van der Waals surface area (Å²) in [7, 11) is 2.94. The van der Waals surface area contributed by atoms with Crippen molar-refractivity contribution in [3.63, 3.8) is 0 Å². The van der Waals surface area contributed by atoms with Crippen LogP contribution < -0.4 is 16.8 Å². The number of nitrogens with one attached hydrogen (secondary N) is 1. The molecule has 0 fully saturated rings. The Hall–Kier alpha value is -2.12. The van der Waals surface area contributed by atoms with Crippen LogP contribution in [0.3, 0.4) is 0 Å². The SMILES string of the molecule is COC1=CC(F)=C(C(N)Nc2ccc(N)cc2F)CC1OC. The van der Waals surface area contributed by atoms with Gasteiger partial charge >= 0.3 is 0 Å². The van der Waals surface area contributed by atoms with Gasteiger partial charge in [0.2, 0.25) is 0 Å². The fourth-order valence-corrected chi connectivity index (χ4v) is 2.28. The number of hydrogen-bond donors (Lipinski definition) is 3. The van der Waals surface area contributed by atoms with Crippen molar-refractivity contribution in [2.24, 2.45) is 5.73 Å². The number of hydrogen-bond acceptors (Lipinski definition) is 5. The van der Waals surface area contributed by atoms with E-state index in [0.29, 0.717) is 11.4 Å². The van der Waals surface area contributed by atoms with E-state index in [4.69, 9.17) is 20.9 Å². The zero-order chi connectivity index (χ0) is 16.3. The molecule has 0 saturated carbocycles. The van der Waals surface area contributed by atoms with Gasteiger partial charge in [-0.25, -0.2) is 8.78 Å². The van der Waals surface area contributed by atoms with Crippen molar-refractivity contribution in [2.75, 3.05) is 25.3 Å². The Labute approximate surface area is 127 Å². The lowest BCUT2D eigenvalue weighted by Gasteiger charge is -2.27. The average molecular weight is 311 g/mol. The maximum atomic E-state index is 14.1. The zero-order valence-corrected chi connectivity index (χ0v) is 12.4. The molecule has 1 aliphatic rings.